The van der Waals surface area contributed by atoms with Gasteiger partial charge in [-0.25, -0.2) is 15.0 Å². The van der Waals surface area contributed by atoms with E-state index in [1.165, 1.54) is 18.5 Å². The van der Waals surface area contributed by atoms with Gasteiger partial charge in [-0.1, -0.05) is 63.9 Å². The summed E-state index contributed by atoms with van der Waals surface area (Å²) in [5, 5.41) is 65.4. The minimum Gasteiger partial charge on any atom is -0.473 e. The minimum atomic E-state index is -4.48. The lowest BCUT2D eigenvalue weighted by molar-refractivity contribution is -0.154. The number of anilines is 4. The molecule has 1 aromatic carbocycles. The van der Waals surface area contributed by atoms with Crippen molar-refractivity contribution in [2.24, 2.45) is 26.2 Å². The molecule has 3 fully saturated rings. The van der Waals surface area contributed by atoms with Crippen molar-refractivity contribution < 1.29 is 32.5 Å². The molecule has 7 aromatic rings. The Bertz CT molecular complexity index is 4160. The van der Waals surface area contributed by atoms with Crippen molar-refractivity contribution in [3.05, 3.63) is 116 Å². The zero-order valence-electron chi connectivity index (χ0n) is 55.4. The topological polar surface area (TPSA) is 325 Å². The number of nitrogens with zero attached hydrogens (tertiary/aromatic N) is 11. The second-order valence-electron chi connectivity index (χ2n) is 27.0. The maximum Gasteiger partial charge on any atom is 0.422 e. The van der Waals surface area contributed by atoms with Crippen molar-refractivity contribution in [1.29, 1.82) is 15.8 Å². The lowest BCUT2D eigenvalue weighted by Gasteiger charge is -2.46. The first-order valence-electron chi connectivity index (χ1n) is 32.6. The molecule has 10 rings (SSSR count). The second-order valence-corrected chi connectivity index (χ2v) is 27.9. The number of ether oxygens (including phenoxy) is 3. The quantitative estimate of drug-likeness (QED) is 0.0146. The number of rotatable bonds is 25. The van der Waals surface area contributed by atoms with Crippen LogP contribution in [0.5, 0.6) is 11.8 Å². The van der Waals surface area contributed by atoms with Crippen LogP contribution in [0.4, 0.5) is 36.7 Å². The maximum absolute atomic E-state index is 12.6. The largest absolute Gasteiger partial charge is 0.473 e. The van der Waals surface area contributed by atoms with Crippen LogP contribution >= 0.6 is 23.2 Å². The predicted octanol–water partition coefficient (Wildman–Crippen LogP) is 12.6. The van der Waals surface area contributed by atoms with Gasteiger partial charge in [-0.3, -0.25) is 9.98 Å². The number of nitrogens with one attached hydrogen (secondary N) is 8. The Morgan fingerprint density at radius 2 is 1.55 bits per heavy atom. The first-order chi connectivity index (χ1) is 46.3. The first-order valence-corrected chi connectivity index (χ1v) is 33.3. The van der Waals surface area contributed by atoms with E-state index in [4.69, 9.17) is 52.4 Å². The molecule has 9 N–H and O–H groups in total. The average molecular weight is 1370 g/mol. The number of halogens is 5. The van der Waals surface area contributed by atoms with Gasteiger partial charge in [0.2, 0.25) is 29.6 Å². The van der Waals surface area contributed by atoms with Crippen LogP contribution in [0.25, 0.3) is 21.9 Å². The van der Waals surface area contributed by atoms with E-state index in [9.17, 15) is 34.1 Å². The Morgan fingerprint density at radius 3 is 2.25 bits per heavy atom. The number of fused-ring (bicyclic) bond motifs is 2. The first kappa shape index (κ1) is 70.8. The molecule has 28 heteroatoms. The summed E-state index contributed by atoms with van der Waals surface area (Å²) < 4.78 is 56.4. The molecule has 6 aromatic heterocycles. The van der Waals surface area contributed by atoms with E-state index in [0.29, 0.717) is 140 Å². The Hall–Kier alpha value is -9.00. The Labute approximate surface area is 572 Å². The van der Waals surface area contributed by atoms with Crippen LogP contribution in [-0.4, -0.2) is 133 Å². The summed E-state index contributed by atoms with van der Waals surface area (Å²) in [7, 11) is 0. The molecule has 3 aliphatic rings. The summed E-state index contributed by atoms with van der Waals surface area (Å²) in [5.74, 6) is 2.03. The van der Waals surface area contributed by atoms with E-state index in [1.807, 2.05) is 38.2 Å². The van der Waals surface area contributed by atoms with Crippen LogP contribution in [0.1, 0.15) is 133 Å². The van der Waals surface area contributed by atoms with Crippen molar-refractivity contribution in [3.8, 4) is 30.0 Å². The van der Waals surface area contributed by atoms with Gasteiger partial charge in [-0.2, -0.15) is 43.9 Å². The molecule has 1 unspecified atom stereocenters. The van der Waals surface area contributed by atoms with Gasteiger partial charge in [-0.05, 0) is 144 Å². The number of aromatic amines is 2. The number of alkyl halides is 3. The highest BCUT2D eigenvalue weighted by atomic mass is 35.5. The molecular formula is C69H82Cl2F3N19O4. The van der Waals surface area contributed by atoms with Crippen molar-refractivity contribution in [3.63, 3.8) is 0 Å². The lowest BCUT2D eigenvalue weighted by atomic mass is 9.70. The molecule has 6 heterocycles. The van der Waals surface area contributed by atoms with Crippen LogP contribution in [-0.2, 0) is 24.0 Å². The van der Waals surface area contributed by atoms with E-state index in [-0.39, 0.29) is 78.1 Å². The van der Waals surface area contributed by atoms with E-state index in [1.54, 1.807) is 25.3 Å². The van der Waals surface area contributed by atoms with E-state index < -0.39 is 29.7 Å². The number of benzene rings is 1. The maximum atomic E-state index is 12.6. The van der Waals surface area contributed by atoms with Gasteiger partial charge < -0.3 is 61.2 Å². The molecular weight excluding hydrogens is 1290 g/mol. The number of hydrogen-bond donors (Lipinski definition) is 9. The molecule has 0 amide bonds. The number of aryl methyl sites for hydroxylation is 1. The summed E-state index contributed by atoms with van der Waals surface area (Å²) in [5.41, 5.74) is 5.85. The number of allylic oxidation sites excluding steroid dienone is 1. The molecule has 3 aliphatic carbocycles. The molecule has 0 saturated heterocycles. The van der Waals surface area contributed by atoms with Crippen LogP contribution < -0.4 is 41.4 Å². The smallest absolute Gasteiger partial charge is 0.422 e. The lowest BCUT2D eigenvalue weighted by Crippen LogP contribution is -2.51. The van der Waals surface area contributed by atoms with Crippen molar-refractivity contribution >= 4 is 81.3 Å². The highest BCUT2D eigenvalue weighted by Gasteiger charge is 2.45. The third-order valence-electron chi connectivity index (χ3n) is 18.7. The number of pyridine rings is 2. The highest BCUT2D eigenvalue weighted by molar-refractivity contribution is 6.38. The Morgan fingerprint density at radius 1 is 0.825 bits per heavy atom. The molecule has 0 spiro atoms. The van der Waals surface area contributed by atoms with Crippen molar-refractivity contribution in [2.45, 2.75) is 168 Å². The summed E-state index contributed by atoms with van der Waals surface area (Å²) in [6.07, 6.45) is 8.14. The third kappa shape index (κ3) is 17.8. The standard InChI is InChI=1S/C69H82Cl2F3N19O4/c1-39(31-75)59(90-63(78-8)80-23-19-41-11-18-56(84-34-41)96-38-69(72,73)74)87-47-12-15-53(94)68(7,30-47)37-95-54-16-13-46(28-66(54,3)4)89-61-49(33-77)62(93-65(92-61)82-25-21-48-40(2)86-52-27-44(70)26-50(71)57(48)52)97-55-17-14-45(29-67(55,5)6)88-60-43(32-76)36-85-64(91-60)81-24-20-42-35-83-51-10-9-22-79-58(42)51/h9-11,18,22,26-27,34-36,45-47,53-55,83,86-87,94H,8,12-17,19-21,23-25,28-30,37-38H2,1-7H3,(H,80,90)(H2,81,85,88,91)(H2,82,89,92,93)/b59-39+/t45-,46-,47-,53+,54+,55+,68?/m1/s1. The zero-order valence-corrected chi connectivity index (χ0v) is 57.0. The van der Waals surface area contributed by atoms with Crippen molar-refractivity contribution in [2.75, 3.05) is 54.1 Å². The van der Waals surface area contributed by atoms with Gasteiger partial charge in [0, 0.05) is 94.9 Å². The van der Waals surface area contributed by atoms with E-state index >= 15 is 0 Å². The second kappa shape index (κ2) is 30.6. The average Bonchev–Trinajstić information content (AvgIpc) is 1.65. The normalized spacial score (nSPS) is 21.9. The van der Waals surface area contributed by atoms with Crippen LogP contribution in [0.15, 0.2) is 82.6 Å². The fourth-order valence-electron chi connectivity index (χ4n) is 13.5. The molecule has 512 valence electrons. The number of guanidine groups is 1. The van der Waals surface area contributed by atoms with Crippen LogP contribution in [0, 0.1) is 57.2 Å². The fourth-order valence-corrected chi connectivity index (χ4v) is 14.1. The molecule has 0 bridgehead atoms. The summed E-state index contributed by atoms with van der Waals surface area (Å²) in [6.45, 7) is 18.0. The van der Waals surface area contributed by atoms with E-state index in [2.05, 4.69) is 119 Å². The summed E-state index contributed by atoms with van der Waals surface area (Å²) in [4.78, 5) is 42.8. The Balaban J connectivity index is 0.788. The summed E-state index contributed by atoms with van der Waals surface area (Å²) >= 11 is 13.1. The molecule has 23 nitrogen and oxygen atoms in total. The number of aliphatic imine (C=N–C) groups is 2. The third-order valence-corrected chi connectivity index (χ3v) is 19.2. The molecule has 7 atom stereocenters. The van der Waals surface area contributed by atoms with Gasteiger partial charge >= 0.3 is 6.18 Å². The number of aliphatic hydroxyl groups excluding tert-OH is 1. The summed E-state index contributed by atoms with van der Waals surface area (Å²) in [6, 6.07) is 16.9. The minimum absolute atomic E-state index is 0.0725. The molecule has 0 radical (unpaired) electrons. The number of nitriles is 3. The molecule has 97 heavy (non-hydrogen) atoms. The molecule has 0 aliphatic heterocycles. The number of H-pyrrole nitrogens is 2. The van der Waals surface area contributed by atoms with E-state index in [0.717, 1.165) is 38.8 Å². The number of aliphatic hydroxyl groups is 1. The fraction of sp³-hybridized carbons (Fsp3) is 0.493. The van der Waals surface area contributed by atoms with Gasteiger partial charge in [0.05, 0.1) is 52.7 Å². The van der Waals surface area contributed by atoms with Gasteiger partial charge in [0.15, 0.2) is 18.0 Å². The monoisotopic (exact) mass is 1370 g/mol. The highest BCUT2D eigenvalue weighted by Crippen LogP contribution is 2.45. The number of hydrogen-bond acceptors (Lipinski definition) is 19. The zero-order chi connectivity index (χ0) is 69.2. The SMILES string of the molecule is C=NC(=NCCc1ccc(OCC(F)(F)F)nc1)N/C(N[C@@H]1CC[C@H](O)C(C)(CO[C@H]2CC[C@@H](Nc3nc(NCCc4c(C)[nH]c5cc(Cl)cc(Cl)c45)nc(O[C@H]4CC[C@@H](Nc5nc(NCCc6c[nH]c7cccnc67)ncc5C#N)CC4(C)C)c3C#N)CC2(C)C)C1)=C(\C)C#N. The predicted molar refractivity (Wildman–Crippen MR) is 369 cm³/mol. The Kier molecular flexibility index (Phi) is 22.3. The van der Waals surface area contributed by atoms with Crippen molar-refractivity contribution in [1.82, 2.24) is 50.5 Å². The molecule has 3 saturated carbocycles. The van der Waals surface area contributed by atoms with Gasteiger partial charge in [0.1, 0.15) is 35.4 Å². The van der Waals surface area contributed by atoms with Crippen LogP contribution in [0.3, 0.4) is 0 Å². The van der Waals surface area contributed by atoms with Gasteiger partial charge in [-0.15, -0.1) is 0 Å². The van der Waals surface area contributed by atoms with Crippen LogP contribution in [0.2, 0.25) is 10.0 Å². The number of aromatic nitrogens is 8. The van der Waals surface area contributed by atoms with Gasteiger partial charge in [0.25, 0.3) is 0 Å².